The van der Waals surface area contributed by atoms with Crippen LogP contribution in [-0.2, 0) is 19.1 Å². The van der Waals surface area contributed by atoms with E-state index in [0.29, 0.717) is 21.9 Å². The van der Waals surface area contributed by atoms with Crippen LogP contribution in [0.3, 0.4) is 0 Å². The fraction of sp³-hybridized carbons (Fsp3) is 0.222. The number of ether oxygens (including phenoxy) is 2. The Balaban J connectivity index is 1.79. The first-order chi connectivity index (χ1) is 12.8. The Bertz CT molecular complexity index is 912. The summed E-state index contributed by atoms with van der Waals surface area (Å²) in [7, 11) is 0. The van der Waals surface area contributed by atoms with Crippen molar-refractivity contribution in [2.45, 2.75) is 26.6 Å². The minimum absolute atomic E-state index is 0.258. The molecule has 1 aliphatic rings. The van der Waals surface area contributed by atoms with E-state index in [1.807, 2.05) is 0 Å². The second-order valence-corrected chi connectivity index (χ2v) is 7.05. The lowest BCUT2D eigenvalue weighted by Gasteiger charge is -2.29. The Kier molecular flexibility index (Phi) is 4.95. The lowest BCUT2D eigenvalue weighted by atomic mass is 10.1. The molecular formula is C18H17N3O5S. The molecule has 1 aromatic heterocycles. The maximum Gasteiger partial charge on any atom is 0.350 e. The summed E-state index contributed by atoms with van der Waals surface area (Å²) in [4.78, 5) is 40.4. The molecule has 1 aromatic carbocycles. The Morgan fingerprint density at radius 2 is 1.93 bits per heavy atom. The van der Waals surface area contributed by atoms with Gasteiger partial charge >= 0.3 is 11.9 Å². The van der Waals surface area contributed by atoms with Crippen molar-refractivity contribution < 1.29 is 23.9 Å². The van der Waals surface area contributed by atoms with Crippen molar-refractivity contribution >= 4 is 40.0 Å². The van der Waals surface area contributed by atoms with Crippen molar-refractivity contribution in [3.63, 3.8) is 0 Å². The van der Waals surface area contributed by atoms with Gasteiger partial charge in [-0.2, -0.15) is 0 Å². The number of esters is 2. The molecule has 1 saturated heterocycles. The summed E-state index contributed by atoms with van der Waals surface area (Å²) >= 11 is 1.31. The van der Waals surface area contributed by atoms with Crippen LogP contribution in [0.4, 0.5) is 10.8 Å². The third-order valence-electron chi connectivity index (χ3n) is 3.72. The zero-order valence-electron chi connectivity index (χ0n) is 14.9. The number of nitrogens with zero attached hydrogens (tertiary/aromatic N) is 1. The van der Waals surface area contributed by atoms with Crippen LogP contribution in [-0.4, -0.2) is 28.6 Å². The van der Waals surface area contributed by atoms with E-state index in [-0.39, 0.29) is 11.5 Å². The average molecular weight is 387 g/mol. The number of rotatable bonds is 4. The molecule has 140 valence electrons. The number of carbonyl (C=O) groups is 3. The van der Waals surface area contributed by atoms with Crippen molar-refractivity contribution in [3.8, 4) is 0 Å². The van der Waals surface area contributed by atoms with E-state index in [4.69, 9.17) is 9.47 Å². The number of cyclic esters (lactones) is 2. The minimum atomic E-state index is -1.30. The third kappa shape index (κ3) is 4.14. The molecule has 9 heteroatoms. The molecule has 0 atom stereocenters. The van der Waals surface area contributed by atoms with Gasteiger partial charge in [0, 0.05) is 42.9 Å². The maximum absolute atomic E-state index is 12.4. The molecule has 2 aromatic rings. The van der Waals surface area contributed by atoms with Crippen molar-refractivity contribution in [2.75, 3.05) is 10.6 Å². The lowest BCUT2D eigenvalue weighted by Crippen LogP contribution is -2.42. The number of thiazole rings is 1. The monoisotopic (exact) mass is 387 g/mol. The Labute approximate surface area is 159 Å². The number of benzene rings is 1. The summed E-state index contributed by atoms with van der Waals surface area (Å²) in [5.74, 6) is -3.16. The van der Waals surface area contributed by atoms with Gasteiger partial charge in [-0.1, -0.05) is 6.07 Å². The minimum Gasteiger partial charge on any atom is -0.419 e. The van der Waals surface area contributed by atoms with Crippen LogP contribution in [0.2, 0.25) is 0 Å². The van der Waals surface area contributed by atoms with Crippen molar-refractivity contribution in [3.05, 3.63) is 52.7 Å². The first-order valence-electron chi connectivity index (χ1n) is 8.01. The smallest absolute Gasteiger partial charge is 0.350 e. The summed E-state index contributed by atoms with van der Waals surface area (Å²) in [5.41, 5.74) is 1.37. The summed E-state index contributed by atoms with van der Waals surface area (Å²) in [6, 6.07) is 5.07. The SMILES string of the molecule is Cc1c(NC=C2C(=O)OC(C)(C)OC2=O)cccc1C(=O)Nc1nccs1. The van der Waals surface area contributed by atoms with Crippen LogP contribution in [0, 0.1) is 6.92 Å². The maximum atomic E-state index is 12.4. The molecule has 0 unspecified atom stereocenters. The summed E-state index contributed by atoms with van der Waals surface area (Å²) in [5, 5.41) is 7.84. The Morgan fingerprint density at radius 1 is 1.22 bits per heavy atom. The van der Waals surface area contributed by atoms with E-state index >= 15 is 0 Å². The molecule has 27 heavy (non-hydrogen) atoms. The molecule has 1 aliphatic heterocycles. The second-order valence-electron chi connectivity index (χ2n) is 6.15. The molecule has 2 N–H and O–H groups in total. The summed E-state index contributed by atoms with van der Waals surface area (Å²) in [6.07, 6.45) is 2.81. The van der Waals surface area contributed by atoms with E-state index in [0.717, 1.165) is 0 Å². The molecule has 0 aliphatic carbocycles. The number of aromatic nitrogens is 1. The predicted octanol–water partition coefficient (Wildman–Crippen LogP) is 2.84. The largest absolute Gasteiger partial charge is 0.419 e. The molecule has 0 bridgehead atoms. The quantitative estimate of drug-likeness (QED) is 0.472. The van der Waals surface area contributed by atoms with Crippen LogP contribution in [0.15, 0.2) is 41.5 Å². The molecule has 1 amide bonds. The third-order valence-corrected chi connectivity index (χ3v) is 4.41. The molecule has 0 radical (unpaired) electrons. The number of amides is 1. The van der Waals surface area contributed by atoms with Crippen molar-refractivity contribution in [1.82, 2.24) is 4.98 Å². The van der Waals surface area contributed by atoms with E-state index in [1.54, 1.807) is 36.7 Å². The van der Waals surface area contributed by atoms with Gasteiger partial charge in [0.1, 0.15) is 0 Å². The van der Waals surface area contributed by atoms with Gasteiger partial charge in [0.2, 0.25) is 0 Å². The highest BCUT2D eigenvalue weighted by Gasteiger charge is 2.38. The van der Waals surface area contributed by atoms with Crippen LogP contribution < -0.4 is 10.6 Å². The Hall–Kier alpha value is -3.20. The van der Waals surface area contributed by atoms with Crippen LogP contribution >= 0.6 is 11.3 Å². The van der Waals surface area contributed by atoms with Gasteiger partial charge in [0.05, 0.1) is 0 Å². The van der Waals surface area contributed by atoms with Gasteiger partial charge in [0.15, 0.2) is 10.7 Å². The number of anilines is 2. The van der Waals surface area contributed by atoms with E-state index in [2.05, 4.69) is 15.6 Å². The number of nitrogens with one attached hydrogen (secondary N) is 2. The molecular weight excluding hydrogens is 370 g/mol. The lowest BCUT2D eigenvalue weighted by molar-refractivity contribution is -0.222. The number of hydrogen-bond donors (Lipinski definition) is 2. The highest BCUT2D eigenvalue weighted by Crippen LogP contribution is 2.24. The molecule has 1 fully saturated rings. The van der Waals surface area contributed by atoms with Gasteiger partial charge in [-0.25, -0.2) is 14.6 Å². The van der Waals surface area contributed by atoms with E-state index in [9.17, 15) is 14.4 Å². The van der Waals surface area contributed by atoms with Crippen molar-refractivity contribution in [1.29, 1.82) is 0 Å². The first kappa shape index (κ1) is 18.6. The standard InChI is InChI=1S/C18H17N3O5S/c1-10-11(14(22)21-17-19-7-8-27-17)5-4-6-13(10)20-9-12-15(23)25-18(2,3)26-16(12)24/h4-9,20H,1-3H3,(H,19,21,22). The van der Waals surface area contributed by atoms with E-state index in [1.165, 1.54) is 31.4 Å². The fourth-order valence-electron chi connectivity index (χ4n) is 2.42. The van der Waals surface area contributed by atoms with Crippen LogP contribution in [0.25, 0.3) is 0 Å². The van der Waals surface area contributed by atoms with Gasteiger partial charge < -0.3 is 14.8 Å². The zero-order chi connectivity index (χ0) is 19.6. The van der Waals surface area contributed by atoms with Gasteiger partial charge in [-0.3, -0.25) is 10.1 Å². The Morgan fingerprint density at radius 3 is 2.56 bits per heavy atom. The van der Waals surface area contributed by atoms with Gasteiger partial charge in [0.25, 0.3) is 11.7 Å². The number of hydrogen-bond acceptors (Lipinski definition) is 8. The topological polar surface area (TPSA) is 107 Å². The molecule has 8 nitrogen and oxygen atoms in total. The van der Waals surface area contributed by atoms with Crippen LogP contribution in [0.1, 0.15) is 29.8 Å². The predicted molar refractivity (Wildman–Crippen MR) is 99.2 cm³/mol. The summed E-state index contributed by atoms with van der Waals surface area (Å²) < 4.78 is 10.1. The first-order valence-corrected chi connectivity index (χ1v) is 8.88. The fourth-order valence-corrected chi connectivity index (χ4v) is 2.94. The molecule has 2 heterocycles. The van der Waals surface area contributed by atoms with Gasteiger partial charge in [-0.05, 0) is 24.6 Å². The molecule has 3 rings (SSSR count). The highest BCUT2D eigenvalue weighted by atomic mass is 32.1. The van der Waals surface area contributed by atoms with Crippen LogP contribution in [0.5, 0.6) is 0 Å². The second kappa shape index (κ2) is 7.20. The normalized spacial score (nSPS) is 15.6. The highest BCUT2D eigenvalue weighted by molar-refractivity contribution is 7.13. The zero-order valence-corrected chi connectivity index (χ0v) is 15.7. The average Bonchev–Trinajstić information content (AvgIpc) is 3.07. The number of carbonyl (C=O) groups excluding carboxylic acids is 3. The molecule has 0 spiro atoms. The summed E-state index contributed by atoms with van der Waals surface area (Å²) in [6.45, 7) is 4.70. The molecule has 0 saturated carbocycles. The van der Waals surface area contributed by atoms with Crippen molar-refractivity contribution in [2.24, 2.45) is 0 Å². The van der Waals surface area contributed by atoms with E-state index < -0.39 is 17.7 Å². The van der Waals surface area contributed by atoms with Gasteiger partial charge in [-0.15, -0.1) is 11.3 Å².